The summed E-state index contributed by atoms with van der Waals surface area (Å²) < 4.78 is 71.7. The SMILES string of the molecule is CC(C)(O)c1csc([S@@](N)(=O)=NC(=O)Nc2c3c(nc(C(F)(F)F)c2C2CC2)CCC3)c1F. The zero-order valence-corrected chi connectivity index (χ0v) is 19.4. The molecule has 0 radical (unpaired) electrons. The van der Waals surface area contributed by atoms with Crippen LogP contribution in [0.3, 0.4) is 0 Å². The van der Waals surface area contributed by atoms with Crippen LogP contribution in [0, 0.1) is 5.82 Å². The average Bonchev–Trinajstić information content (AvgIpc) is 3.22. The predicted octanol–water partition coefficient (Wildman–Crippen LogP) is 4.83. The highest BCUT2D eigenvalue weighted by atomic mass is 32.2. The smallest absolute Gasteiger partial charge is 0.386 e. The minimum Gasteiger partial charge on any atom is -0.386 e. The van der Waals surface area contributed by atoms with E-state index in [0.29, 0.717) is 49.0 Å². The van der Waals surface area contributed by atoms with E-state index < -0.39 is 49.4 Å². The van der Waals surface area contributed by atoms with Crippen molar-refractivity contribution in [1.29, 1.82) is 0 Å². The van der Waals surface area contributed by atoms with Crippen LogP contribution in [-0.2, 0) is 34.5 Å². The molecule has 0 unspecified atom stereocenters. The van der Waals surface area contributed by atoms with E-state index in [1.54, 1.807) is 0 Å². The summed E-state index contributed by atoms with van der Waals surface area (Å²) in [4.78, 5) is 16.5. The fourth-order valence-electron chi connectivity index (χ4n) is 3.96. The molecular weight excluding hydrogens is 484 g/mol. The Morgan fingerprint density at radius 2 is 2.00 bits per heavy atom. The van der Waals surface area contributed by atoms with Crippen LogP contribution < -0.4 is 10.5 Å². The number of amides is 2. The molecule has 7 nitrogen and oxygen atoms in total. The van der Waals surface area contributed by atoms with Crippen molar-refractivity contribution in [3.05, 3.63) is 39.3 Å². The molecule has 33 heavy (non-hydrogen) atoms. The lowest BCUT2D eigenvalue weighted by Crippen LogP contribution is -2.22. The molecule has 2 aliphatic carbocycles. The first-order valence-corrected chi connectivity index (χ1v) is 12.6. The lowest BCUT2D eigenvalue weighted by atomic mass is 10.00. The standard InChI is InChI=1S/C20H22F4N4O3S2/c1-19(2,30)11-8-32-17(14(11)21)33(25,31)28-18(29)27-15-10-4-3-5-12(10)26-16(20(22,23)24)13(15)9-6-7-9/h8-9,30H,3-7H2,1-2H3,(H3,25,26,27,28,29,31)/t33-/m0/s1. The van der Waals surface area contributed by atoms with Crippen LogP contribution >= 0.6 is 11.3 Å². The molecule has 0 spiro atoms. The minimum absolute atomic E-state index is 0.0138. The number of pyridine rings is 1. The molecule has 13 heteroatoms. The minimum atomic E-state index is -4.71. The maximum absolute atomic E-state index is 14.7. The third-order valence-electron chi connectivity index (χ3n) is 5.59. The number of alkyl halides is 3. The molecule has 0 bridgehead atoms. The Morgan fingerprint density at radius 1 is 1.33 bits per heavy atom. The lowest BCUT2D eigenvalue weighted by molar-refractivity contribution is -0.141. The number of nitrogens with zero attached hydrogens (tertiary/aromatic N) is 2. The van der Waals surface area contributed by atoms with Crippen molar-refractivity contribution in [2.24, 2.45) is 9.50 Å². The number of anilines is 1. The van der Waals surface area contributed by atoms with Gasteiger partial charge in [0.25, 0.3) is 0 Å². The van der Waals surface area contributed by atoms with E-state index in [-0.39, 0.29) is 22.5 Å². The summed E-state index contributed by atoms with van der Waals surface area (Å²) in [5, 5.41) is 19.3. The topological polar surface area (TPSA) is 118 Å². The van der Waals surface area contributed by atoms with Crippen LogP contribution in [0.2, 0.25) is 0 Å². The van der Waals surface area contributed by atoms with Crippen LogP contribution in [-0.4, -0.2) is 20.3 Å². The Bertz CT molecular complexity index is 1250. The number of urea groups is 1. The summed E-state index contributed by atoms with van der Waals surface area (Å²) in [5.74, 6) is -1.44. The number of nitrogens with one attached hydrogen (secondary N) is 1. The Morgan fingerprint density at radius 3 is 2.55 bits per heavy atom. The zero-order valence-electron chi connectivity index (χ0n) is 17.8. The third kappa shape index (κ3) is 4.63. The van der Waals surface area contributed by atoms with Gasteiger partial charge in [-0.15, -0.1) is 15.7 Å². The second kappa shape index (κ2) is 8.00. The Labute approximate surface area is 191 Å². The molecule has 4 N–H and O–H groups in total. The van der Waals surface area contributed by atoms with Gasteiger partial charge in [-0.25, -0.2) is 23.5 Å². The molecule has 0 aromatic carbocycles. The van der Waals surface area contributed by atoms with Crippen molar-refractivity contribution in [3.63, 3.8) is 0 Å². The molecule has 180 valence electrons. The molecule has 1 fully saturated rings. The summed E-state index contributed by atoms with van der Waals surface area (Å²) in [6, 6.07) is -1.24. The van der Waals surface area contributed by atoms with Crippen LogP contribution in [0.25, 0.3) is 0 Å². The Kier molecular flexibility index (Phi) is 5.83. The summed E-state index contributed by atoms with van der Waals surface area (Å²) in [5.41, 5.74) is -2.12. The van der Waals surface area contributed by atoms with Gasteiger partial charge in [0.05, 0.1) is 11.3 Å². The number of nitrogens with two attached hydrogens (primary N) is 1. The number of thiophene rings is 1. The molecular formula is C20H22F4N4O3S2. The van der Waals surface area contributed by atoms with Gasteiger partial charge < -0.3 is 10.4 Å². The summed E-state index contributed by atoms with van der Waals surface area (Å²) in [6.45, 7) is 2.65. The fraction of sp³-hybridized carbons (Fsp3) is 0.500. The largest absolute Gasteiger partial charge is 0.433 e. The molecule has 4 rings (SSSR count). The number of hydrogen-bond acceptors (Lipinski definition) is 5. The molecule has 2 aliphatic rings. The zero-order chi connectivity index (χ0) is 24.3. The second-order valence-electron chi connectivity index (χ2n) is 8.70. The molecule has 0 saturated heterocycles. The van der Waals surface area contributed by atoms with Crippen molar-refractivity contribution in [2.45, 2.75) is 67.9 Å². The number of aromatic nitrogens is 1. The number of hydrogen-bond donors (Lipinski definition) is 3. The Balaban J connectivity index is 1.75. The second-order valence-corrected chi connectivity index (χ2v) is 11.6. The van der Waals surface area contributed by atoms with E-state index in [9.17, 15) is 31.7 Å². The van der Waals surface area contributed by atoms with Crippen molar-refractivity contribution in [1.82, 2.24) is 4.98 Å². The number of halogens is 4. The first kappa shape index (κ1) is 24.0. The van der Waals surface area contributed by atoms with Gasteiger partial charge in [-0.05, 0) is 57.4 Å². The molecule has 2 aromatic heterocycles. The number of fused-ring (bicyclic) bond motifs is 1. The molecule has 2 amide bonds. The van der Waals surface area contributed by atoms with E-state index in [2.05, 4.69) is 14.7 Å². The molecule has 1 saturated carbocycles. The first-order valence-electron chi connectivity index (χ1n) is 10.2. The maximum Gasteiger partial charge on any atom is 0.433 e. The van der Waals surface area contributed by atoms with Crippen molar-refractivity contribution < 1.29 is 31.7 Å². The van der Waals surface area contributed by atoms with Crippen molar-refractivity contribution in [3.8, 4) is 0 Å². The first-order chi connectivity index (χ1) is 15.2. The third-order valence-corrected chi connectivity index (χ3v) is 8.49. The van der Waals surface area contributed by atoms with Gasteiger partial charge in [-0.2, -0.15) is 13.2 Å². The number of aryl methyl sites for hydroxylation is 1. The summed E-state index contributed by atoms with van der Waals surface area (Å²) >= 11 is 0.634. The van der Waals surface area contributed by atoms with Gasteiger partial charge in [-0.3, -0.25) is 0 Å². The number of rotatable bonds is 4. The highest BCUT2D eigenvalue weighted by Crippen LogP contribution is 2.50. The van der Waals surface area contributed by atoms with E-state index in [4.69, 9.17) is 5.14 Å². The molecule has 2 heterocycles. The van der Waals surface area contributed by atoms with Crippen LogP contribution in [0.1, 0.15) is 67.1 Å². The number of carbonyl (C=O) groups excluding carboxylic acids is 1. The van der Waals surface area contributed by atoms with Gasteiger partial charge in [-0.1, -0.05) is 0 Å². The lowest BCUT2D eigenvalue weighted by Gasteiger charge is -2.19. The van der Waals surface area contributed by atoms with Gasteiger partial charge in [0.2, 0.25) is 0 Å². The predicted molar refractivity (Wildman–Crippen MR) is 115 cm³/mol. The quantitative estimate of drug-likeness (QED) is 0.515. The van der Waals surface area contributed by atoms with Crippen LogP contribution in [0.5, 0.6) is 0 Å². The fourth-order valence-corrected chi connectivity index (χ4v) is 6.33. The number of carbonyl (C=O) groups is 1. The normalized spacial score (nSPS) is 18.1. The average molecular weight is 507 g/mol. The number of aliphatic hydroxyl groups is 1. The van der Waals surface area contributed by atoms with Crippen molar-refractivity contribution in [2.75, 3.05) is 5.32 Å². The monoisotopic (exact) mass is 506 g/mol. The summed E-state index contributed by atoms with van der Waals surface area (Å²) in [7, 11) is -4.06. The van der Waals surface area contributed by atoms with Gasteiger partial charge >= 0.3 is 12.2 Å². The molecule has 0 aliphatic heterocycles. The Hall–Kier alpha value is -2.09. The van der Waals surface area contributed by atoms with Gasteiger partial charge in [0.1, 0.15) is 5.69 Å². The highest BCUT2D eigenvalue weighted by molar-refractivity contribution is 7.93. The van der Waals surface area contributed by atoms with Crippen LogP contribution in [0.4, 0.5) is 28.0 Å². The maximum atomic E-state index is 14.7. The van der Waals surface area contributed by atoms with Crippen LogP contribution in [0.15, 0.2) is 14.0 Å². The highest BCUT2D eigenvalue weighted by Gasteiger charge is 2.43. The van der Waals surface area contributed by atoms with Gasteiger partial charge in [0, 0.05) is 22.2 Å². The summed E-state index contributed by atoms with van der Waals surface area (Å²) in [6.07, 6.45) is -2.29. The molecule has 1 atom stereocenters. The van der Waals surface area contributed by atoms with E-state index >= 15 is 0 Å². The van der Waals surface area contributed by atoms with E-state index in [0.717, 1.165) is 0 Å². The molecule has 2 aromatic rings. The van der Waals surface area contributed by atoms with Gasteiger partial charge in [0.15, 0.2) is 19.9 Å². The van der Waals surface area contributed by atoms with Crippen molar-refractivity contribution >= 4 is 33.0 Å². The van der Waals surface area contributed by atoms with E-state index in [1.165, 1.54) is 19.2 Å². The van der Waals surface area contributed by atoms with E-state index in [1.807, 2.05) is 0 Å².